The van der Waals surface area contributed by atoms with E-state index in [4.69, 9.17) is 4.74 Å². The molecule has 168 valence electrons. The zero-order valence-corrected chi connectivity index (χ0v) is 19.0. The molecule has 34 heavy (non-hydrogen) atoms. The van der Waals surface area contributed by atoms with E-state index in [-0.39, 0.29) is 11.7 Å². The van der Waals surface area contributed by atoms with Crippen molar-refractivity contribution in [2.75, 3.05) is 11.9 Å². The Labute approximate surface area is 197 Å². The van der Waals surface area contributed by atoms with Crippen LogP contribution in [-0.4, -0.2) is 27.3 Å². The molecule has 5 aromatic rings. The fourth-order valence-electron chi connectivity index (χ4n) is 3.84. The Kier molecular flexibility index (Phi) is 5.79. The van der Waals surface area contributed by atoms with Gasteiger partial charge in [-0.25, -0.2) is 9.67 Å². The number of rotatable bonds is 6. The maximum absolute atomic E-state index is 13.2. The van der Waals surface area contributed by atoms with E-state index in [1.165, 1.54) is 0 Å². The standard InChI is InChI=1S/C28H24N4O2/c1-3-34-23-17-15-22(16-18-23)32-27(21-13-11-19(2)12-14-21)30-26(31-32)28(33)29-25-10-6-8-20-7-4-5-9-24(20)25/h4-18H,3H2,1-2H3,(H,29,33). The van der Waals surface area contributed by atoms with Crippen LogP contribution >= 0.6 is 0 Å². The van der Waals surface area contributed by atoms with Gasteiger partial charge in [0.25, 0.3) is 5.91 Å². The molecular formula is C28H24N4O2. The van der Waals surface area contributed by atoms with Gasteiger partial charge in [-0.05, 0) is 49.6 Å². The van der Waals surface area contributed by atoms with Crippen molar-refractivity contribution in [3.8, 4) is 22.8 Å². The summed E-state index contributed by atoms with van der Waals surface area (Å²) in [5.41, 5.74) is 3.52. The fraction of sp³-hybridized carbons (Fsp3) is 0.107. The van der Waals surface area contributed by atoms with Gasteiger partial charge in [0.1, 0.15) is 5.75 Å². The zero-order chi connectivity index (χ0) is 23.5. The number of nitrogens with zero attached hydrogens (tertiary/aromatic N) is 3. The molecule has 0 aliphatic rings. The second-order valence-electron chi connectivity index (χ2n) is 7.94. The first-order valence-corrected chi connectivity index (χ1v) is 11.2. The van der Waals surface area contributed by atoms with Crippen molar-refractivity contribution in [2.24, 2.45) is 0 Å². The van der Waals surface area contributed by atoms with Crippen LogP contribution < -0.4 is 10.1 Å². The Morgan fingerprint density at radius 3 is 2.41 bits per heavy atom. The third-order valence-corrected chi connectivity index (χ3v) is 5.55. The van der Waals surface area contributed by atoms with Crippen molar-refractivity contribution in [1.82, 2.24) is 14.8 Å². The summed E-state index contributed by atoms with van der Waals surface area (Å²) < 4.78 is 7.25. The summed E-state index contributed by atoms with van der Waals surface area (Å²) in [4.78, 5) is 17.8. The first-order valence-electron chi connectivity index (χ1n) is 11.2. The van der Waals surface area contributed by atoms with Gasteiger partial charge in [0.05, 0.1) is 12.3 Å². The Hall–Kier alpha value is -4.45. The topological polar surface area (TPSA) is 69.0 Å². The number of fused-ring (bicyclic) bond motifs is 1. The molecular weight excluding hydrogens is 424 g/mol. The SMILES string of the molecule is CCOc1ccc(-n2nc(C(=O)Nc3cccc4ccccc34)nc2-c2ccc(C)cc2)cc1. The largest absolute Gasteiger partial charge is 0.494 e. The Bertz CT molecular complexity index is 1450. The number of amides is 1. The second-order valence-corrected chi connectivity index (χ2v) is 7.94. The maximum atomic E-state index is 13.2. The summed E-state index contributed by atoms with van der Waals surface area (Å²) in [6.45, 7) is 4.57. The van der Waals surface area contributed by atoms with E-state index < -0.39 is 0 Å². The number of aromatic nitrogens is 3. The Morgan fingerprint density at radius 2 is 1.65 bits per heavy atom. The van der Waals surface area contributed by atoms with Gasteiger partial charge in [0.15, 0.2) is 5.82 Å². The van der Waals surface area contributed by atoms with Crippen LogP contribution in [0.3, 0.4) is 0 Å². The predicted octanol–water partition coefficient (Wildman–Crippen LogP) is 6.05. The van der Waals surface area contributed by atoms with Crippen molar-refractivity contribution in [3.63, 3.8) is 0 Å². The lowest BCUT2D eigenvalue weighted by atomic mass is 10.1. The molecule has 0 saturated heterocycles. The highest BCUT2D eigenvalue weighted by molar-refractivity contribution is 6.07. The normalized spacial score (nSPS) is 10.9. The Morgan fingerprint density at radius 1 is 0.912 bits per heavy atom. The van der Waals surface area contributed by atoms with Gasteiger partial charge in [-0.1, -0.05) is 66.2 Å². The van der Waals surface area contributed by atoms with E-state index in [0.29, 0.717) is 12.4 Å². The average Bonchev–Trinajstić information content (AvgIpc) is 3.31. The summed E-state index contributed by atoms with van der Waals surface area (Å²) in [5.74, 6) is 1.09. The third-order valence-electron chi connectivity index (χ3n) is 5.55. The number of benzene rings is 4. The number of anilines is 1. The van der Waals surface area contributed by atoms with Gasteiger partial charge in [0, 0.05) is 16.6 Å². The van der Waals surface area contributed by atoms with Crippen LogP contribution in [0.2, 0.25) is 0 Å². The van der Waals surface area contributed by atoms with Crippen LogP contribution in [0.15, 0.2) is 91.0 Å². The molecule has 1 amide bonds. The van der Waals surface area contributed by atoms with Crippen LogP contribution in [0.1, 0.15) is 23.1 Å². The summed E-state index contributed by atoms with van der Waals surface area (Å²) in [7, 11) is 0. The number of nitrogens with one attached hydrogen (secondary N) is 1. The molecule has 6 heteroatoms. The number of aryl methyl sites for hydroxylation is 1. The van der Waals surface area contributed by atoms with Crippen molar-refractivity contribution >= 4 is 22.4 Å². The average molecular weight is 449 g/mol. The smallest absolute Gasteiger partial charge is 0.295 e. The van der Waals surface area contributed by atoms with Crippen LogP contribution in [-0.2, 0) is 0 Å². The van der Waals surface area contributed by atoms with Crippen molar-refractivity contribution < 1.29 is 9.53 Å². The Balaban J connectivity index is 1.54. The summed E-state index contributed by atoms with van der Waals surface area (Å²) in [6, 6.07) is 29.3. The molecule has 5 rings (SSSR count). The maximum Gasteiger partial charge on any atom is 0.295 e. The highest BCUT2D eigenvalue weighted by Crippen LogP contribution is 2.26. The van der Waals surface area contributed by atoms with E-state index in [0.717, 1.165) is 39.0 Å². The fourth-order valence-corrected chi connectivity index (χ4v) is 3.84. The minimum Gasteiger partial charge on any atom is -0.494 e. The first kappa shape index (κ1) is 21.4. The molecule has 1 N–H and O–H groups in total. The minimum atomic E-state index is -0.366. The molecule has 0 radical (unpaired) electrons. The number of carbonyl (C=O) groups is 1. The van der Waals surface area contributed by atoms with Crippen molar-refractivity contribution in [1.29, 1.82) is 0 Å². The molecule has 0 aliphatic carbocycles. The molecule has 0 atom stereocenters. The number of carbonyl (C=O) groups excluding carboxylic acids is 1. The molecule has 0 bridgehead atoms. The molecule has 1 heterocycles. The van der Waals surface area contributed by atoms with Gasteiger partial charge in [-0.2, -0.15) is 0 Å². The van der Waals surface area contributed by atoms with E-state index in [9.17, 15) is 4.79 Å². The van der Waals surface area contributed by atoms with Crippen LogP contribution in [0.25, 0.3) is 27.8 Å². The molecule has 0 unspecified atom stereocenters. The summed E-state index contributed by atoms with van der Waals surface area (Å²) in [6.07, 6.45) is 0. The highest BCUT2D eigenvalue weighted by Gasteiger charge is 2.19. The van der Waals surface area contributed by atoms with E-state index in [1.807, 2.05) is 105 Å². The lowest BCUT2D eigenvalue weighted by Gasteiger charge is -2.08. The van der Waals surface area contributed by atoms with Gasteiger partial charge >= 0.3 is 0 Å². The van der Waals surface area contributed by atoms with Crippen LogP contribution in [0.5, 0.6) is 5.75 Å². The first-order chi connectivity index (χ1) is 16.6. The summed E-state index contributed by atoms with van der Waals surface area (Å²) in [5, 5.41) is 9.58. The number of ether oxygens (including phenoxy) is 1. The monoisotopic (exact) mass is 448 g/mol. The minimum absolute atomic E-state index is 0.0948. The van der Waals surface area contributed by atoms with Gasteiger partial charge in [0.2, 0.25) is 5.82 Å². The van der Waals surface area contributed by atoms with E-state index in [2.05, 4.69) is 15.4 Å². The van der Waals surface area contributed by atoms with Crippen LogP contribution in [0, 0.1) is 6.92 Å². The van der Waals surface area contributed by atoms with Crippen molar-refractivity contribution in [3.05, 3.63) is 102 Å². The van der Waals surface area contributed by atoms with Gasteiger partial charge < -0.3 is 10.1 Å². The quantitative estimate of drug-likeness (QED) is 0.343. The van der Waals surface area contributed by atoms with Gasteiger partial charge in [-0.3, -0.25) is 4.79 Å². The zero-order valence-electron chi connectivity index (χ0n) is 19.0. The molecule has 1 aromatic heterocycles. The van der Waals surface area contributed by atoms with Gasteiger partial charge in [-0.15, -0.1) is 5.10 Å². The summed E-state index contributed by atoms with van der Waals surface area (Å²) >= 11 is 0. The molecule has 0 spiro atoms. The molecule has 6 nitrogen and oxygen atoms in total. The van der Waals surface area contributed by atoms with E-state index in [1.54, 1.807) is 4.68 Å². The van der Waals surface area contributed by atoms with Crippen LogP contribution in [0.4, 0.5) is 5.69 Å². The molecule has 0 saturated carbocycles. The third kappa shape index (κ3) is 4.26. The number of hydrogen-bond acceptors (Lipinski definition) is 4. The lowest BCUT2D eigenvalue weighted by molar-refractivity contribution is 0.101. The predicted molar refractivity (Wildman–Crippen MR) is 135 cm³/mol. The molecule has 0 fully saturated rings. The number of hydrogen-bond donors (Lipinski definition) is 1. The highest BCUT2D eigenvalue weighted by atomic mass is 16.5. The van der Waals surface area contributed by atoms with Crippen molar-refractivity contribution in [2.45, 2.75) is 13.8 Å². The lowest BCUT2D eigenvalue weighted by Crippen LogP contribution is -2.14. The van der Waals surface area contributed by atoms with E-state index >= 15 is 0 Å². The molecule has 4 aromatic carbocycles. The second kappa shape index (κ2) is 9.19. The molecule has 0 aliphatic heterocycles.